The van der Waals surface area contributed by atoms with Crippen LogP contribution in [0.1, 0.15) is 32.1 Å². The fourth-order valence-electron chi connectivity index (χ4n) is 2.88. The van der Waals surface area contributed by atoms with Crippen molar-refractivity contribution < 1.29 is 9.90 Å². The lowest BCUT2D eigenvalue weighted by atomic mass is 9.74. The van der Waals surface area contributed by atoms with Gasteiger partial charge in [0.2, 0.25) is 0 Å². The first-order valence-electron chi connectivity index (χ1n) is 6.86. The highest BCUT2D eigenvalue weighted by Gasteiger charge is 2.41. The normalized spacial score (nSPS) is 17.8. The van der Waals surface area contributed by atoms with Crippen LogP contribution in [0.5, 0.6) is 0 Å². The Bertz CT molecular complexity index is 648. The molecule has 0 aromatic carbocycles. The van der Waals surface area contributed by atoms with Crippen molar-refractivity contribution in [3.63, 3.8) is 0 Å². The second kappa shape index (κ2) is 5.84. The Morgan fingerprint density at radius 2 is 2.14 bits per heavy atom. The van der Waals surface area contributed by atoms with E-state index >= 15 is 0 Å². The average Bonchev–Trinajstić information content (AvgIpc) is 3.08. The molecule has 0 spiro atoms. The molecule has 0 bridgehead atoms. The maximum absolute atomic E-state index is 11.8. The van der Waals surface area contributed by atoms with E-state index in [2.05, 4.69) is 31.5 Å². The maximum Gasteiger partial charge on any atom is 0.311 e. The molecule has 0 atom stereocenters. The van der Waals surface area contributed by atoms with Crippen molar-refractivity contribution in [1.29, 1.82) is 0 Å². The highest BCUT2D eigenvalue weighted by molar-refractivity contribution is 9.11. The second-order valence-electron chi connectivity index (χ2n) is 5.41. The Morgan fingerprint density at radius 1 is 1.38 bits per heavy atom. The zero-order chi connectivity index (χ0) is 14.9. The Kier molecular flexibility index (Phi) is 4.08. The van der Waals surface area contributed by atoms with Gasteiger partial charge in [0, 0.05) is 0 Å². The summed E-state index contributed by atoms with van der Waals surface area (Å²) in [6, 6.07) is 3.87. The predicted molar refractivity (Wildman–Crippen MR) is 82.0 cm³/mol. The van der Waals surface area contributed by atoms with E-state index in [1.54, 1.807) is 4.68 Å². The van der Waals surface area contributed by atoms with Gasteiger partial charge in [-0.15, -0.1) is 16.4 Å². The molecule has 1 fully saturated rings. The highest BCUT2D eigenvalue weighted by atomic mass is 79.9. The molecule has 21 heavy (non-hydrogen) atoms. The second-order valence-corrected chi connectivity index (χ2v) is 7.87. The van der Waals surface area contributed by atoms with Crippen molar-refractivity contribution in [3.05, 3.63) is 15.9 Å². The fourth-order valence-corrected chi connectivity index (χ4v) is 4.25. The molecule has 1 saturated carbocycles. The summed E-state index contributed by atoms with van der Waals surface area (Å²) in [7, 11) is 0. The van der Waals surface area contributed by atoms with Crippen molar-refractivity contribution in [2.75, 3.05) is 0 Å². The largest absolute Gasteiger partial charge is 0.481 e. The van der Waals surface area contributed by atoms with Crippen LogP contribution in [-0.4, -0.2) is 31.3 Å². The summed E-state index contributed by atoms with van der Waals surface area (Å²) in [4.78, 5) is 12.7. The van der Waals surface area contributed by atoms with Crippen LogP contribution in [-0.2, 0) is 11.3 Å². The summed E-state index contributed by atoms with van der Waals surface area (Å²) in [5.41, 5.74) is -0.739. The SMILES string of the molecule is O=C(O)C1(Cn2nnnc2-c2ccc(Br)s2)CCCCC1. The van der Waals surface area contributed by atoms with Gasteiger partial charge in [-0.05, 0) is 51.3 Å². The number of carboxylic acids is 1. The highest BCUT2D eigenvalue weighted by Crippen LogP contribution is 2.39. The van der Waals surface area contributed by atoms with Crippen molar-refractivity contribution in [2.45, 2.75) is 38.6 Å². The minimum atomic E-state index is -0.740. The lowest BCUT2D eigenvalue weighted by Crippen LogP contribution is -2.38. The minimum Gasteiger partial charge on any atom is -0.481 e. The first kappa shape index (κ1) is 14.6. The summed E-state index contributed by atoms with van der Waals surface area (Å²) < 4.78 is 2.63. The Balaban J connectivity index is 1.91. The smallest absolute Gasteiger partial charge is 0.311 e. The van der Waals surface area contributed by atoms with Gasteiger partial charge in [0.15, 0.2) is 5.82 Å². The van der Waals surface area contributed by atoms with Crippen LogP contribution in [0.4, 0.5) is 0 Å². The van der Waals surface area contributed by atoms with Crippen LogP contribution in [0.25, 0.3) is 10.7 Å². The lowest BCUT2D eigenvalue weighted by Gasteiger charge is -2.32. The molecule has 0 unspecified atom stereocenters. The molecular formula is C13H15BrN4O2S. The molecule has 2 aromatic heterocycles. The third-order valence-electron chi connectivity index (χ3n) is 4.04. The van der Waals surface area contributed by atoms with Gasteiger partial charge < -0.3 is 5.11 Å². The Morgan fingerprint density at radius 3 is 2.76 bits per heavy atom. The molecule has 2 heterocycles. The van der Waals surface area contributed by atoms with Crippen LogP contribution in [0.2, 0.25) is 0 Å². The van der Waals surface area contributed by atoms with E-state index in [1.807, 2.05) is 12.1 Å². The third-order valence-corrected chi connectivity index (χ3v) is 5.66. The van der Waals surface area contributed by atoms with Crippen LogP contribution in [0.15, 0.2) is 15.9 Å². The van der Waals surface area contributed by atoms with Gasteiger partial charge in [0.1, 0.15) is 0 Å². The van der Waals surface area contributed by atoms with Gasteiger partial charge in [0.05, 0.1) is 20.6 Å². The lowest BCUT2D eigenvalue weighted by molar-refractivity contribution is -0.152. The maximum atomic E-state index is 11.8. The standard InChI is InChI=1S/C13H15BrN4O2S/c14-10-5-4-9(21-10)11-15-16-17-18(11)8-13(12(19)20)6-2-1-3-7-13/h4-5H,1-3,6-8H2,(H,19,20). The molecule has 0 aliphatic heterocycles. The van der Waals surface area contributed by atoms with Crippen LogP contribution >= 0.6 is 27.3 Å². The van der Waals surface area contributed by atoms with Crippen molar-refractivity contribution >= 4 is 33.2 Å². The van der Waals surface area contributed by atoms with Crippen LogP contribution in [0, 0.1) is 5.41 Å². The van der Waals surface area contributed by atoms with E-state index < -0.39 is 11.4 Å². The van der Waals surface area contributed by atoms with Gasteiger partial charge in [-0.3, -0.25) is 4.79 Å². The number of nitrogens with zero attached hydrogens (tertiary/aromatic N) is 4. The molecule has 1 aliphatic rings. The predicted octanol–water partition coefficient (Wildman–Crippen LogP) is 3.20. The third kappa shape index (κ3) is 2.87. The first-order chi connectivity index (χ1) is 10.1. The molecule has 112 valence electrons. The number of aliphatic carboxylic acids is 1. The van der Waals surface area contributed by atoms with Crippen molar-refractivity contribution in [3.8, 4) is 10.7 Å². The summed E-state index contributed by atoms with van der Waals surface area (Å²) in [5.74, 6) is -0.104. The molecule has 1 aliphatic carbocycles. The molecule has 2 aromatic rings. The number of hydrogen-bond acceptors (Lipinski definition) is 5. The quantitative estimate of drug-likeness (QED) is 0.893. The molecule has 8 heteroatoms. The van der Waals surface area contributed by atoms with Crippen molar-refractivity contribution in [1.82, 2.24) is 20.2 Å². The summed E-state index contributed by atoms with van der Waals surface area (Å²) >= 11 is 4.96. The number of tetrazole rings is 1. The number of aromatic nitrogens is 4. The number of thiophene rings is 1. The Labute approximate surface area is 134 Å². The molecule has 0 saturated heterocycles. The number of carboxylic acid groups (broad SMARTS) is 1. The molecule has 3 rings (SSSR count). The number of carbonyl (C=O) groups is 1. The molecule has 0 radical (unpaired) electrons. The first-order valence-corrected chi connectivity index (χ1v) is 8.47. The zero-order valence-corrected chi connectivity index (χ0v) is 13.7. The van der Waals surface area contributed by atoms with E-state index in [0.29, 0.717) is 25.2 Å². The number of halogens is 1. The van der Waals surface area contributed by atoms with Gasteiger partial charge in [-0.25, -0.2) is 4.68 Å². The van der Waals surface area contributed by atoms with Gasteiger partial charge in [-0.1, -0.05) is 19.3 Å². The molecule has 6 nitrogen and oxygen atoms in total. The topological polar surface area (TPSA) is 80.9 Å². The molecular weight excluding hydrogens is 356 g/mol. The van der Waals surface area contributed by atoms with E-state index in [-0.39, 0.29) is 0 Å². The van der Waals surface area contributed by atoms with E-state index in [9.17, 15) is 9.90 Å². The molecule has 0 amide bonds. The summed E-state index contributed by atoms with van der Waals surface area (Å²) in [6.45, 7) is 0.334. The minimum absolute atomic E-state index is 0.334. The van der Waals surface area contributed by atoms with E-state index in [1.165, 1.54) is 11.3 Å². The monoisotopic (exact) mass is 370 g/mol. The zero-order valence-electron chi connectivity index (χ0n) is 11.3. The summed E-state index contributed by atoms with van der Waals surface area (Å²) in [6.07, 6.45) is 4.39. The van der Waals surface area contributed by atoms with Gasteiger partial charge >= 0.3 is 5.97 Å². The number of rotatable bonds is 4. The van der Waals surface area contributed by atoms with E-state index in [4.69, 9.17) is 0 Å². The van der Waals surface area contributed by atoms with Crippen LogP contribution in [0.3, 0.4) is 0 Å². The average molecular weight is 371 g/mol. The van der Waals surface area contributed by atoms with Gasteiger partial charge in [0.25, 0.3) is 0 Å². The Hall–Kier alpha value is -1.28. The molecule has 1 N–H and O–H groups in total. The van der Waals surface area contributed by atoms with Crippen molar-refractivity contribution in [2.24, 2.45) is 5.41 Å². The van der Waals surface area contributed by atoms with E-state index in [0.717, 1.165) is 27.9 Å². The fraction of sp³-hybridized carbons (Fsp3) is 0.538. The summed E-state index contributed by atoms with van der Waals surface area (Å²) in [5, 5.41) is 21.5. The number of hydrogen-bond donors (Lipinski definition) is 1. The van der Waals surface area contributed by atoms with Crippen LogP contribution < -0.4 is 0 Å². The van der Waals surface area contributed by atoms with Gasteiger partial charge in [-0.2, -0.15) is 0 Å².